The van der Waals surface area contributed by atoms with E-state index >= 15 is 0 Å². The summed E-state index contributed by atoms with van der Waals surface area (Å²) in [6.07, 6.45) is 2.18. The molecule has 0 radical (unpaired) electrons. The van der Waals surface area contributed by atoms with Gasteiger partial charge < -0.3 is 15.2 Å². The average Bonchev–Trinajstić information content (AvgIpc) is 2.32. The number of carboxylic acids is 1. The molecule has 0 spiro atoms. The summed E-state index contributed by atoms with van der Waals surface area (Å²) in [5, 5.41) is 11.9. The molecular weight excluding hydrogens is 246 g/mol. The van der Waals surface area contributed by atoms with Crippen molar-refractivity contribution in [1.29, 1.82) is 0 Å². The zero-order valence-corrected chi connectivity index (χ0v) is 11.6. The second-order valence-electron chi connectivity index (χ2n) is 4.75. The van der Waals surface area contributed by atoms with E-state index < -0.39 is 5.97 Å². The van der Waals surface area contributed by atoms with Gasteiger partial charge in [-0.2, -0.15) is 0 Å². The lowest BCUT2D eigenvalue weighted by atomic mass is 10.2. The second kappa shape index (κ2) is 7.68. The first-order chi connectivity index (χ1) is 9.00. The number of nitrogens with zero attached hydrogens (tertiary/aromatic N) is 2. The van der Waals surface area contributed by atoms with Gasteiger partial charge in [0.15, 0.2) is 0 Å². The molecule has 0 aliphatic heterocycles. The van der Waals surface area contributed by atoms with Crippen LogP contribution in [0.3, 0.4) is 0 Å². The number of carbonyl (C=O) groups is 1. The molecule has 0 aromatic carbocycles. The second-order valence-corrected chi connectivity index (χ2v) is 4.75. The van der Waals surface area contributed by atoms with Crippen molar-refractivity contribution >= 4 is 11.9 Å². The van der Waals surface area contributed by atoms with Crippen molar-refractivity contribution in [3.8, 4) is 0 Å². The van der Waals surface area contributed by atoms with Crippen LogP contribution in [0.15, 0.2) is 6.20 Å². The SMILES string of the molecule is Cc1nc(NCCCOCC(C)C)ncc1C(=O)O. The molecule has 1 aromatic rings. The molecule has 0 aliphatic rings. The number of aromatic nitrogens is 2. The largest absolute Gasteiger partial charge is 0.478 e. The van der Waals surface area contributed by atoms with Crippen LogP contribution in [-0.4, -0.2) is 40.8 Å². The van der Waals surface area contributed by atoms with E-state index in [4.69, 9.17) is 9.84 Å². The number of carboxylic acid groups (broad SMARTS) is 1. The molecule has 2 N–H and O–H groups in total. The minimum atomic E-state index is -1.01. The minimum absolute atomic E-state index is 0.130. The Morgan fingerprint density at radius 2 is 2.26 bits per heavy atom. The number of nitrogens with one attached hydrogen (secondary N) is 1. The lowest BCUT2D eigenvalue weighted by Crippen LogP contribution is -2.12. The third kappa shape index (κ3) is 5.65. The third-order valence-corrected chi connectivity index (χ3v) is 2.41. The van der Waals surface area contributed by atoms with Gasteiger partial charge >= 0.3 is 5.97 Å². The van der Waals surface area contributed by atoms with Crippen LogP contribution in [0.4, 0.5) is 5.95 Å². The first kappa shape index (κ1) is 15.4. The number of anilines is 1. The zero-order valence-electron chi connectivity index (χ0n) is 11.6. The molecule has 0 fully saturated rings. The zero-order chi connectivity index (χ0) is 14.3. The van der Waals surface area contributed by atoms with Gasteiger partial charge in [-0.05, 0) is 19.3 Å². The van der Waals surface area contributed by atoms with E-state index in [9.17, 15) is 4.79 Å². The van der Waals surface area contributed by atoms with Crippen molar-refractivity contribution in [2.75, 3.05) is 25.1 Å². The average molecular weight is 267 g/mol. The van der Waals surface area contributed by atoms with Gasteiger partial charge in [0.25, 0.3) is 0 Å². The van der Waals surface area contributed by atoms with Crippen molar-refractivity contribution in [1.82, 2.24) is 9.97 Å². The molecule has 0 atom stereocenters. The summed E-state index contributed by atoms with van der Waals surface area (Å²) in [5.74, 6) is -0.0139. The molecule has 1 aromatic heterocycles. The first-order valence-corrected chi connectivity index (χ1v) is 6.39. The summed E-state index contributed by atoms with van der Waals surface area (Å²) in [6, 6.07) is 0. The molecule has 0 amide bonds. The fourth-order valence-electron chi connectivity index (χ4n) is 1.46. The summed E-state index contributed by atoms with van der Waals surface area (Å²) in [7, 11) is 0. The lowest BCUT2D eigenvalue weighted by Gasteiger charge is -2.08. The quantitative estimate of drug-likeness (QED) is 0.700. The monoisotopic (exact) mass is 267 g/mol. The molecule has 6 nitrogen and oxygen atoms in total. The number of aryl methyl sites for hydroxylation is 1. The van der Waals surface area contributed by atoms with Crippen LogP contribution in [-0.2, 0) is 4.74 Å². The normalized spacial score (nSPS) is 10.7. The topological polar surface area (TPSA) is 84.3 Å². The molecule has 0 aliphatic carbocycles. The van der Waals surface area contributed by atoms with Crippen molar-refractivity contribution in [2.45, 2.75) is 27.2 Å². The summed E-state index contributed by atoms with van der Waals surface area (Å²) in [4.78, 5) is 18.9. The maximum atomic E-state index is 10.8. The Balaban J connectivity index is 2.30. The highest BCUT2D eigenvalue weighted by molar-refractivity contribution is 5.88. The third-order valence-electron chi connectivity index (χ3n) is 2.41. The molecule has 0 unspecified atom stereocenters. The highest BCUT2D eigenvalue weighted by Crippen LogP contribution is 2.06. The van der Waals surface area contributed by atoms with Gasteiger partial charge in [-0.25, -0.2) is 14.8 Å². The summed E-state index contributed by atoms with van der Waals surface area (Å²) < 4.78 is 5.45. The predicted molar refractivity (Wildman–Crippen MR) is 72.5 cm³/mol. The van der Waals surface area contributed by atoms with E-state index in [1.165, 1.54) is 6.20 Å². The van der Waals surface area contributed by atoms with Gasteiger partial charge in [0, 0.05) is 26.0 Å². The van der Waals surface area contributed by atoms with Crippen LogP contribution in [0.5, 0.6) is 0 Å². The van der Waals surface area contributed by atoms with E-state index in [-0.39, 0.29) is 5.56 Å². The highest BCUT2D eigenvalue weighted by Gasteiger charge is 2.09. The Morgan fingerprint density at radius 3 is 2.84 bits per heavy atom. The lowest BCUT2D eigenvalue weighted by molar-refractivity contribution is 0.0695. The van der Waals surface area contributed by atoms with Crippen molar-refractivity contribution in [3.05, 3.63) is 17.5 Å². The van der Waals surface area contributed by atoms with Crippen LogP contribution in [0, 0.1) is 12.8 Å². The molecule has 0 saturated carbocycles. The number of hydrogen-bond acceptors (Lipinski definition) is 5. The van der Waals surface area contributed by atoms with Gasteiger partial charge in [0.1, 0.15) is 0 Å². The van der Waals surface area contributed by atoms with Gasteiger partial charge in [-0.3, -0.25) is 0 Å². The minimum Gasteiger partial charge on any atom is -0.478 e. The Labute approximate surface area is 113 Å². The number of hydrogen-bond donors (Lipinski definition) is 2. The van der Waals surface area contributed by atoms with Gasteiger partial charge in [-0.1, -0.05) is 13.8 Å². The van der Waals surface area contributed by atoms with Gasteiger partial charge in [0.05, 0.1) is 11.3 Å². The van der Waals surface area contributed by atoms with Crippen LogP contribution in [0.2, 0.25) is 0 Å². The standard InChI is InChI=1S/C13H21N3O3/c1-9(2)8-19-6-4-5-14-13-15-7-11(12(17)18)10(3)16-13/h7,9H,4-6,8H2,1-3H3,(H,17,18)(H,14,15,16). The summed E-state index contributed by atoms with van der Waals surface area (Å²) in [6.45, 7) is 8.03. The Kier molecular flexibility index (Phi) is 6.21. The van der Waals surface area contributed by atoms with Crippen LogP contribution in [0.1, 0.15) is 36.3 Å². The van der Waals surface area contributed by atoms with E-state index in [0.29, 0.717) is 30.7 Å². The maximum absolute atomic E-state index is 10.8. The molecule has 0 bridgehead atoms. The first-order valence-electron chi connectivity index (χ1n) is 6.39. The van der Waals surface area contributed by atoms with E-state index in [2.05, 4.69) is 29.1 Å². The fourth-order valence-corrected chi connectivity index (χ4v) is 1.46. The number of ether oxygens (including phenoxy) is 1. The van der Waals surface area contributed by atoms with Crippen molar-refractivity contribution in [3.63, 3.8) is 0 Å². The Bertz CT molecular complexity index is 422. The summed E-state index contributed by atoms with van der Waals surface area (Å²) >= 11 is 0. The smallest absolute Gasteiger partial charge is 0.339 e. The molecule has 0 saturated heterocycles. The van der Waals surface area contributed by atoms with Gasteiger partial charge in [0.2, 0.25) is 5.95 Å². The van der Waals surface area contributed by atoms with Crippen LogP contribution in [0.25, 0.3) is 0 Å². The van der Waals surface area contributed by atoms with E-state index in [0.717, 1.165) is 13.0 Å². The Morgan fingerprint density at radius 1 is 1.53 bits per heavy atom. The molecule has 1 rings (SSSR count). The van der Waals surface area contributed by atoms with Gasteiger partial charge in [-0.15, -0.1) is 0 Å². The number of rotatable bonds is 8. The molecule has 1 heterocycles. The summed E-state index contributed by atoms with van der Waals surface area (Å²) in [5.41, 5.74) is 0.590. The molecule has 19 heavy (non-hydrogen) atoms. The van der Waals surface area contributed by atoms with E-state index in [1.807, 2.05) is 0 Å². The van der Waals surface area contributed by atoms with Crippen molar-refractivity contribution in [2.24, 2.45) is 5.92 Å². The van der Waals surface area contributed by atoms with Crippen molar-refractivity contribution < 1.29 is 14.6 Å². The fraction of sp³-hybridized carbons (Fsp3) is 0.615. The van der Waals surface area contributed by atoms with Crippen LogP contribution >= 0.6 is 0 Å². The molecule has 6 heteroatoms. The highest BCUT2D eigenvalue weighted by atomic mass is 16.5. The van der Waals surface area contributed by atoms with E-state index in [1.54, 1.807) is 6.92 Å². The molecule has 106 valence electrons. The molecular formula is C13H21N3O3. The number of aromatic carboxylic acids is 1. The predicted octanol–water partition coefficient (Wildman–Crippen LogP) is 1.96. The Hall–Kier alpha value is -1.69. The maximum Gasteiger partial charge on any atom is 0.339 e. The van der Waals surface area contributed by atoms with Crippen LogP contribution < -0.4 is 5.32 Å².